The molecule has 0 saturated heterocycles. The van der Waals surface area contributed by atoms with E-state index in [9.17, 15) is 4.79 Å². The van der Waals surface area contributed by atoms with Crippen molar-refractivity contribution >= 4 is 28.5 Å². The van der Waals surface area contributed by atoms with Crippen molar-refractivity contribution in [2.75, 3.05) is 4.43 Å². The van der Waals surface area contributed by atoms with Crippen LogP contribution in [-0.2, 0) is 4.79 Å². The molecular weight excluding hydrogens is 301 g/mol. The molecule has 2 nitrogen and oxygen atoms in total. The summed E-state index contributed by atoms with van der Waals surface area (Å²) in [4.78, 5) is 12.0. The second-order valence-electron chi connectivity index (χ2n) is 5.30. The molecule has 3 atom stereocenters. The molecular formula is C12H20INO. The molecule has 2 saturated carbocycles. The lowest BCUT2D eigenvalue weighted by Crippen LogP contribution is -2.41. The number of carbonyl (C=O) groups excluding carboxylic acids is 1. The second-order valence-corrected chi connectivity index (χ2v) is 6.18. The van der Waals surface area contributed by atoms with Crippen LogP contribution in [0.2, 0.25) is 0 Å². The van der Waals surface area contributed by atoms with Gasteiger partial charge in [-0.2, -0.15) is 0 Å². The quantitative estimate of drug-likeness (QED) is 0.626. The van der Waals surface area contributed by atoms with E-state index in [0.29, 0.717) is 23.8 Å². The van der Waals surface area contributed by atoms with Crippen LogP contribution in [0.5, 0.6) is 0 Å². The van der Waals surface area contributed by atoms with E-state index in [1.807, 2.05) is 0 Å². The average molecular weight is 321 g/mol. The van der Waals surface area contributed by atoms with E-state index in [1.54, 1.807) is 0 Å². The highest BCUT2D eigenvalue weighted by molar-refractivity contribution is 14.1. The van der Waals surface area contributed by atoms with Crippen molar-refractivity contribution in [3.05, 3.63) is 0 Å². The van der Waals surface area contributed by atoms with Crippen molar-refractivity contribution in [1.29, 1.82) is 0 Å². The molecule has 86 valence electrons. The summed E-state index contributed by atoms with van der Waals surface area (Å²) in [6, 6.07) is 0.361. The zero-order valence-electron chi connectivity index (χ0n) is 9.50. The maximum atomic E-state index is 12.0. The number of nitrogens with one attached hydrogen (secondary N) is 1. The van der Waals surface area contributed by atoms with Crippen LogP contribution < -0.4 is 5.32 Å². The third-order valence-electron chi connectivity index (χ3n) is 4.01. The SMILES string of the molecule is CC(C)C(CI)NC(=O)C1C2CCCC21. The third-order valence-corrected chi connectivity index (χ3v) is 4.96. The first-order valence-electron chi connectivity index (χ1n) is 6.01. The Bertz CT molecular complexity index is 244. The molecule has 0 spiro atoms. The summed E-state index contributed by atoms with van der Waals surface area (Å²) in [5, 5.41) is 3.21. The van der Waals surface area contributed by atoms with Gasteiger partial charge in [0.15, 0.2) is 0 Å². The molecule has 2 rings (SSSR count). The Morgan fingerprint density at radius 3 is 2.47 bits per heavy atom. The van der Waals surface area contributed by atoms with Gasteiger partial charge in [-0.15, -0.1) is 0 Å². The lowest BCUT2D eigenvalue weighted by molar-refractivity contribution is -0.123. The Morgan fingerprint density at radius 2 is 2.00 bits per heavy atom. The van der Waals surface area contributed by atoms with Gasteiger partial charge in [-0.25, -0.2) is 0 Å². The first kappa shape index (κ1) is 11.7. The van der Waals surface area contributed by atoms with Crippen LogP contribution in [0.15, 0.2) is 0 Å². The number of hydrogen-bond donors (Lipinski definition) is 1. The van der Waals surface area contributed by atoms with E-state index in [2.05, 4.69) is 41.8 Å². The molecule has 1 N–H and O–H groups in total. The van der Waals surface area contributed by atoms with Crippen molar-refractivity contribution in [2.24, 2.45) is 23.7 Å². The summed E-state index contributed by atoms with van der Waals surface area (Å²) in [5.74, 6) is 2.74. The predicted molar refractivity (Wildman–Crippen MR) is 70.0 cm³/mol. The smallest absolute Gasteiger partial charge is 0.223 e. The number of rotatable bonds is 4. The fraction of sp³-hybridized carbons (Fsp3) is 0.917. The van der Waals surface area contributed by atoms with Crippen molar-refractivity contribution < 1.29 is 4.79 Å². The average Bonchev–Trinajstić information content (AvgIpc) is 2.68. The summed E-state index contributed by atoms with van der Waals surface area (Å²) >= 11 is 2.36. The molecule has 0 radical (unpaired) electrons. The van der Waals surface area contributed by atoms with Gasteiger partial charge in [0.05, 0.1) is 0 Å². The minimum absolute atomic E-state index is 0.333. The molecule has 0 heterocycles. The highest BCUT2D eigenvalue weighted by Crippen LogP contribution is 2.57. The van der Waals surface area contributed by atoms with Gasteiger partial charge >= 0.3 is 0 Å². The Labute approximate surface area is 106 Å². The normalized spacial score (nSPS) is 35.1. The van der Waals surface area contributed by atoms with Crippen LogP contribution in [0.25, 0.3) is 0 Å². The van der Waals surface area contributed by atoms with Crippen molar-refractivity contribution in [1.82, 2.24) is 5.32 Å². The summed E-state index contributed by atoms with van der Waals surface area (Å²) in [7, 11) is 0. The molecule has 3 heteroatoms. The molecule has 15 heavy (non-hydrogen) atoms. The van der Waals surface area contributed by atoms with Crippen LogP contribution >= 0.6 is 22.6 Å². The van der Waals surface area contributed by atoms with Gasteiger partial charge < -0.3 is 5.32 Å². The van der Waals surface area contributed by atoms with E-state index in [4.69, 9.17) is 0 Å². The standard InChI is InChI=1S/C12H20INO/c1-7(2)10(6-13)14-12(15)11-8-4-3-5-9(8)11/h7-11H,3-6H2,1-2H3,(H,14,15). The number of amides is 1. The molecule has 1 amide bonds. The van der Waals surface area contributed by atoms with Crippen LogP contribution in [0, 0.1) is 23.7 Å². The minimum Gasteiger partial charge on any atom is -0.352 e. The van der Waals surface area contributed by atoms with E-state index < -0.39 is 0 Å². The zero-order chi connectivity index (χ0) is 11.0. The Hall–Kier alpha value is 0.200. The molecule has 3 unspecified atom stereocenters. The van der Waals surface area contributed by atoms with E-state index >= 15 is 0 Å². The van der Waals surface area contributed by atoms with Gasteiger partial charge in [-0.3, -0.25) is 4.79 Å². The van der Waals surface area contributed by atoms with Crippen molar-refractivity contribution in [3.63, 3.8) is 0 Å². The van der Waals surface area contributed by atoms with E-state index in [-0.39, 0.29) is 0 Å². The maximum Gasteiger partial charge on any atom is 0.223 e. The van der Waals surface area contributed by atoms with Gasteiger partial charge in [-0.05, 0) is 30.6 Å². The molecule has 0 aromatic carbocycles. The number of halogens is 1. The van der Waals surface area contributed by atoms with E-state index in [1.165, 1.54) is 19.3 Å². The van der Waals surface area contributed by atoms with Crippen LogP contribution in [0.1, 0.15) is 33.1 Å². The number of alkyl halides is 1. The molecule has 2 aliphatic rings. The summed E-state index contributed by atoms with van der Waals surface area (Å²) in [6.45, 7) is 4.36. The summed E-state index contributed by atoms with van der Waals surface area (Å²) in [6.07, 6.45) is 3.93. The molecule has 0 aromatic rings. The van der Waals surface area contributed by atoms with Crippen LogP contribution in [0.3, 0.4) is 0 Å². The van der Waals surface area contributed by atoms with Crippen molar-refractivity contribution in [3.8, 4) is 0 Å². The highest BCUT2D eigenvalue weighted by atomic mass is 127. The minimum atomic E-state index is 0.333. The number of fused-ring (bicyclic) bond motifs is 1. The Balaban J connectivity index is 1.82. The number of hydrogen-bond acceptors (Lipinski definition) is 1. The lowest BCUT2D eigenvalue weighted by Gasteiger charge is -2.20. The third kappa shape index (κ3) is 2.32. The Morgan fingerprint density at radius 1 is 1.40 bits per heavy atom. The largest absolute Gasteiger partial charge is 0.352 e. The monoisotopic (exact) mass is 321 g/mol. The molecule has 0 aliphatic heterocycles. The first-order valence-corrected chi connectivity index (χ1v) is 7.54. The zero-order valence-corrected chi connectivity index (χ0v) is 11.7. The maximum absolute atomic E-state index is 12.0. The van der Waals surface area contributed by atoms with Crippen LogP contribution in [-0.4, -0.2) is 16.4 Å². The first-order chi connectivity index (χ1) is 7.15. The topological polar surface area (TPSA) is 29.1 Å². The molecule has 2 fully saturated rings. The lowest BCUT2D eigenvalue weighted by atomic mass is 10.1. The number of carbonyl (C=O) groups is 1. The van der Waals surface area contributed by atoms with Crippen molar-refractivity contribution in [2.45, 2.75) is 39.2 Å². The van der Waals surface area contributed by atoms with Gasteiger partial charge in [0, 0.05) is 16.4 Å². The van der Waals surface area contributed by atoms with Crippen LogP contribution in [0.4, 0.5) is 0 Å². The van der Waals surface area contributed by atoms with Gasteiger partial charge in [-0.1, -0.05) is 42.9 Å². The fourth-order valence-corrected chi connectivity index (χ4v) is 4.11. The highest BCUT2D eigenvalue weighted by Gasteiger charge is 2.56. The van der Waals surface area contributed by atoms with Gasteiger partial charge in [0.25, 0.3) is 0 Å². The predicted octanol–water partition coefficient (Wildman–Crippen LogP) is 2.61. The molecule has 2 aliphatic carbocycles. The second kappa shape index (κ2) is 4.60. The van der Waals surface area contributed by atoms with E-state index in [0.717, 1.165) is 16.3 Å². The summed E-state index contributed by atoms with van der Waals surface area (Å²) < 4.78 is 1.02. The summed E-state index contributed by atoms with van der Waals surface area (Å²) in [5.41, 5.74) is 0. The fourth-order valence-electron chi connectivity index (χ4n) is 2.87. The van der Waals surface area contributed by atoms with Gasteiger partial charge in [0.1, 0.15) is 0 Å². The molecule has 0 bridgehead atoms. The Kier molecular flexibility index (Phi) is 3.58. The molecule has 0 aromatic heterocycles. The van der Waals surface area contributed by atoms with Gasteiger partial charge in [0.2, 0.25) is 5.91 Å².